The van der Waals surface area contributed by atoms with Crippen LogP contribution in [0.15, 0.2) is 186 Å². The molecule has 226 valence electrons. The average Bonchev–Trinajstić information content (AvgIpc) is 3.54. The summed E-state index contributed by atoms with van der Waals surface area (Å²) in [5.41, 5.74) is 13.4. The van der Waals surface area contributed by atoms with E-state index in [0.717, 1.165) is 38.9 Å². The van der Waals surface area contributed by atoms with Crippen molar-refractivity contribution in [3.63, 3.8) is 0 Å². The number of hydrogen-bond acceptors (Lipinski definition) is 2. The first-order chi connectivity index (χ1) is 23.8. The lowest BCUT2D eigenvalue weighted by Gasteiger charge is -2.15. The van der Waals surface area contributed by atoms with Crippen LogP contribution in [0, 0.1) is 0 Å². The quantitative estimate of drug-likeness (QED) is 0.202. The molecular weight excluding hydrogens is 583 g/mol. The molecule has 0 amide bonds. The summed E-state index contributed by atoms with van der Waals surface area (Å²) in [5, 5.41) is 8.41. The van der Waals surface area contributed by atoms with Crippen molar-refractivity contribution in [1.29, 1.82) is 0 Å². The molecule has 0 saturated carbocycles. The normalized spacial score (nSPS) is 11.3. The molecule has 2 heteroatoms. The van der Waals surface area contributed by atoms with Crippen LogP contribution in [0.3, 0.4) is 0 Å². The maximum Gasteiger partial charge on any atom is 0.136 e. The molecule has 9 aromatic rings. The standard InChI is InChI=1S/C46H31NO/c1-3-13-31(14-4-1)38-19-9-10-23-43(38)47-35-18-11-17-33(29-35)36-27-28-37(41-21-8-7-20-40(36)41)34-25-26-42-45(30-34)48-44-24-12-22-39(46(42)44)32-15-5-2-6-16-32/h1-30,47H. The Morgan fingerprint density at radius 3 is 1.67 bits per heavy atom. The Morgan fingerprint density at radius 2 is 0.917 bits per heavy atom. The Labute approximate surface area is 279 Å². The molecule has 9 rings (SSSR count). The van der Waals surface area contributed by atoms with Crippen LogP contribution < -0.4 is 5.32 Å². The molecule has 0 aliphatic heterocycles. The van der Waals surface area contributed by atoms with Crippen LogP contribution in [-0.2, 0) is 0 Å². The zero-order valence-electron chi connectivity index (χ0n) is 26.2. The number of furan rings is 1. The lowest BCUT2D eigenvalue weighted by Crippen LogP contribution is -1.94. The number of rotatable bonds is 6. The van der Waals surface area contributed by atoms with E-state index in [2.05, 4.69) is 187 Å². The number of benzene rings is 8. The Bertz CT molecular complexity index is 2580. The summed E-state index contributed by atoms with van der Waals surface area (Å²) < 4.78 is 6.47. The zero-order valence-corrected chi connectivity index (χ0v) is 26.2. The SMILES string of the molecule is c1ccc(-c2ccccc2Nc2cccc(-c3ccc(-c4ccc5c(c4)oc4cccc(-c6ccccc6)c45)c4ccccc34)c2)cc1. The Morgan fingerprint density at radius 1 is 0.333 bits per heavy atom. The van der Waals surface area contributed by atoms with Gasteiger partial charge in [0.25, 0.3) is 0 Å². The molecule has 0 radical (unpaired) electrons. The highest BCUT2D eigenvalue weighted by molar-refractivity contribution is 6.14. The highest BCUT2D eigenvalue weighted by atomic mass is 16.3. The predicted molar refractivity (Wildman–Crippen MR) is 203 cm³/mol. The lowest BCUT2D eigenvalue weighted by atomic mass is 9.91. The molecule has 0 saturated heterocycles. The third-order valence-electron chi connectivity index (χ3n) is 9.28. The van der Waals surface area contributed by atoms with Crippen LogP contribution in [0.1, 0.15) is 0 Å². The van der Waals surface area contributed by atoms with E-state index >= 15 is 0 Å². The summed E-state index contributed by atoms with van der Waals surface area (Å²) >= 11 is 0. The summed E-state index contributed by atoms with van der Waals surface area (Å²) in [6, 6.07) is 64.4. The molecule has 0 spiro atoms. The fourth-order valence-electron chi connectivity index (χ4n) is 7.04. The molecule has 0 bridgehead atoms. The van der Waals surface area contributed by atoms with Crippen molar-refractivity contribution in [3.8, 4) is 44.5 Å². The first-order valence-corrected chi connectivity index (χ1v) is 16.3. The minimum absolute atomic E-state index is 0.897. The second-order valence-electron chi connectivity index (χ2n) is 12.2. The first kappa shape index (κ1) is 27.9. The van der Waals surface area contributed by atoms with Crippen molar-refractivity contribution in [3.05, 3.63) is 182 Å². The van der Waals surface area contributed by atoms with E-state index in [9.17, 15) is 0 Å². The molecule has 1 heterocycles. The van der Waals surface area contributed by atoms with Gasteiger partial charge in [0.05, 0.1) is 0 Å². The van der Waals surface area contributed by atoms with Crippen molar-refractivity contribution in [2.45, 2.75) is 0 Å². The fourth-order valence-corrected chi connectivity index (χ4v) is 7.04. The van der Waals surface area contributed by atoms with Crippen LogP contribution in [0.5, 0.6) is 0 Å². The third-order valence-corrected chi connectivity index (χ3v) is 9.28. The van der Waals surface area contributed by atoms with Crippen LogP contribution in [0.4, 0.5) is 11.4 Å². The molecule has 0 atom stereocenters. The zero-order chi connectivity index (χ0) is 31.9. The number of nitrogens with one attached hydrogen (secondary N) is 1. The summed E-state index contributed by atoms with van der Waals surface area (Å²) in [7, 11) is 0. The van der Waals surface area contributed by atoms with E-state index in [1.54, 1.807) is 0 Å². The molecule has 48 heavy (non-hydrogen) atoms. The molecule has 8 aromatic carbocycles. The number of anilines is 2. The van der Waals surface area contributed by atoms with Gasteiger partial charge in [0.1, 0.15) is 11.2 Å². The molecule has 0 aliphatic carbocycles. The van der Waals surface area contributed by atoms with Gasteiger partial charge in [-0.1, -0.05) is 146 Å². The fraction of sp³-hybridized carbons (Fsp3) is 0. The molecule has 1 aromatic heterocycles. The van der Waals surface area contributed by atoms with E-state index in [0.29, 0.717) is 0 Å². The Balaban J connectivity index is 1.10. The average molecular weight is 614 g/mol. The maximum absolute atomic E-state index is 6.47. The van der Waals surface area contributed by atoms with Gasteiger partial charge in [0.15, 0.2) is 0 Å². The first-order valence-electron chi connectivity index (χ1n) is 16.3. The summed E-state index contributed by atoms with van der Waals surface area (Å²) in [5.74, 6) is 0. The van der Waals surface area contributed by atoms with Gasteiger partial charge in [-0.25, -0.2) is 0 Å². The molecule has 0 unspecified atom stereocenters. The number of para-hydroxylation sites is 1. The minimum atomic E-state index is 0.897. The van der Waals surface area contributed by atoms with Crippen molar-refractivity contribution < 1.29 is 4.42 Å². The van der Waals surface area contributed by atoms with Gasteiger partial charge < -0.3 is 9.73 Å². The van der Waals surface area contributed by atoms with E-state index in [1.807, 2.05) is 0 Å². The van der Waals surface area contributed by atoms with Gasteiger partial charge >= 0.3 is 0 Å². The molecule has 1 N–H and O–H groups in total. The van der Waals surface area contributed by atoms with Crippen molar-refractivity contribution in [2.75, 3.05) is 5.32 Å². The van der Waals surface area contributed by atoms with Crippen LogP contribution in [0.25, 0.3) is 77.2 Å². The van der Waals surface area contributed by atoms with Crippen molar-refractivity contribution in [1.82, 2.24) is 0 Å². The van der Waals surface area contributed by atoms with Gasteiger partial charge in [0.2, 0.25) is 0 Å². The molecular formula is C46H31NO. The second kappa shape index (κ2) is 11.8. The van der Waals surface area contributed by atoms with Gasteiger partial charge in [-0.3, -0.25) is 0 Å². The predicted octanol–water partition coefficient (Wildman–Crippen LogP) is 13.2. The second-order valence-corrected chi connectivity index (χ2v) is 12.2. The van der Waals surface area contributed by atoms with E-state index in [4.69, 9.17) is 4.42 Å². The maximum atomic E-state index is 6.47. The van der Waals surface area contributed by atoms with E-state index in [-0.39, 0.29) is 0 Å². The smallest absolute Gasteiger partial charge is 0.136 e. The van der Waals surface area contributed by atoms with Crippen LogP contribution in [-0.4, -0.2) is 0 Å². The van der Waals surface area contributed by atoms with Gasteiger partial charge in [-0.2, -0.15) is 0 Å². The largest absolute Gasteiger partial charge is 0.456 e. The summed E-state index contributed by atoms with van der Waals surface area (Å²) in [4.78, 5) is 0. The summed E-state index contributed by atoms with van der Waals surface area (Å²) in [6.07, 6.45) is 0. The van der Waals surface area contributed by atoms with Crippen LogP contribution in [0.2, 0.25) is 0 Å². The van der Waals surface area contributed by atoms with Crippen molar-refractivity contribution >= 4 is 44.1 Å². The minimum Gasteiger partial charge on any atom is -0.456 e. The third kappa shape index (κ3) is 4.92. The Hall–Kier alpha value is -6.38. The monoisotopic (exact) mass is 613 g/mol. The van der Waals surface area contributed by atoms with Gasteiger partial charge in [0, 0.05) is 27.7 Å². The van der Waals surface area contributed by atoms with Gasteiger partial charge in [-0.15, -0.1) is 0 Å². The lowest BCUT2D eigenvalue weighted by molar-refractivity contribution is 0.669. The topological polar surface area (TPSA) is 25.2 Å². The molecule has 2 nitrogen and oxygen atoms in total. The van der Waals surface area contributed by atoms with E-state index < -0.39 is 0 Å². The van der Waals surface area contributed by atoms with E-state index in [1.165, 1.54) is 49.7 Å². The Kier molecular flexibility index (Phi) is 6.84. The highest BCUT2D eigenvalue weighted by Crippen LogP contribution is 2.41. The number of fused-ring (bicyclic) bond motifs is 4. The molecule has 0 fully saturated rings. The van der Waals surface area contributed by atoms with Crippen LogP contribution >= 0.6 is 0 Å². The summed E-state index contributed by atoms with van der Waals surface area (Å²) in [6.45, 7) is 0. The highest BCUT2D eigenvalue weighted by Gasteiger charge is 2.15. The van der Waals surface area contributed by atoms with Gasteiger partial charge in [-0.05, 0) is 86.1 Å². The molecule has 0 aliphatic rings. The van der Waals surface area contributed by atoms with Crippen molar-refractivity contribution in [2.24, 2.45) is 0 Å². The number of hydrogen-bond donors (Lipinski definition) is 1.